The van der Waals surface area contributed by atoms with Crippen LogP contribution in [-0.4, -0.2) is 36.7 Å². The van der Waals surface area contributed by atoms with Crippen molar-refractivity contribution in [2.24, 2.45) is 5.10 Å². The number of benzene rings is 1. The van der Waals surface area contributed by atoms with Crippen LogP contribution in [0.4, 0.5) is 0 Å². The fourth-order valence-corrected chi connectivity index (χ4v) is 1.90. The van der Waals surface area contributed by atoms with Gasteiger partial charge in [0.05, 0.1) is 12.8 Å². The molecule has 1 heterocycles. The Bertz CT molecular complexity index is 383. The molecule has 2 rings (SSSR count). The molecule has 1 aliphatic rings. The number of carbonyl (C=O) groups excluding carboxylic acids is 1. The largest absolute Gasteiger partial charge is 0.294 e. The Kier molecular flexibility index (Phi) is 4.27. The molecule has 1 aromatic carbocycles. The van der Waals surface area contributed by atoms with Gasteiger partial charge in [0.1, 0.15) is 0 Å². The van der Waals surface area contributed by atoms with E-state index in [0.717, 1.165) is 18.7 Å². The lowest BCUT2D eigenvalue weighted by atomic mass is 10.2. The second-order valence-electron chi connectivity index (χ2n) is 4.19. The SMILES string of the molecule is O=C(CN1CCCC1)N/N=C\c1ccccc1. The molecular weight excluding hydrogens is 214 g/mol. The molecule has 1 saturated heterocycles. The molecule has 1 N–H and O–H groups in total. The van der Waals surface area contributed by atoms with Crippen LogP contribution in [0.5, 0.6) is 0 Å². The Morgan fingerprint density at radius 1 is 1.29 bits per heavy atom. The summed E-state index contributed by atoms with van der Waals surface area (Å²) in [5.74, 6) is -0.0425. The highest BCUT2D eigenvalue weighted by atomic mass is 16.2. The van der Waals surface area contributed by atoms with Crippen molar-refractivity contribution in [1.82, 2.24) is 10.3 Å². The topological polar surface area (TPSA) is 44.7 Å². The van der Waals surface area contributed by atoms with Gasteiger partial charge in [0, 0.05) is 0 Å². The molecule has 1 aromatic rings. The van der Waals surface area contributed by atoms with E-state index in [1.807, 2.05) is 30.3 Å². The Morgan fingerprint density at radius 3 is 2.71 bits per heavy atom. The van der Waals surface area contributed by atoms with Crippen LogP contribution in [0.15, 0.2) is 35.4 Å². The third kappa shape index (κ3) is 4.00. The molecule has 4 nitrogen and oxygen atoms in total. The summed E-state index contributed by atoms with van der Waals surface area (Å²) < 4.78 is 0. The molecule has 1 fully saturated rings. The Balaban J connectivity index is 1.74. The molecule has 0 bridgehead atoms. The van der Waals surface area contributed by atoms with E-state index in [4.69, 9.17) is 0 Å². The van der Waals surface area contributed by atoms with Crippen molar-refractivity contribution < 1.29 is 4.79 Å². The quantitative estimate of drug-likeness (QED) is 0.626. The highest BCUT2D eigenvalue weighted by Crippen LogP contribution is 2.05. The first-order chi connectivity index (χ1) is 8.34. The van der Waals surface area contributed by atoms with E-state index in [1.165, 1.54) is 12.8 Å². The zero-order valence-electron chi connectivity index (χ0n) is 9.80. The Hall–Kier alpha value is -1.68. The number of nitrogens with one attached hydrogen (secondary N) is 1. The van der Waals surface area contributed by atoms with Gasteiger partial charge in [-0.15, -0.1) is 0 Å². The third-order valence-corrected chi connectivity index (χ3v) is 2.77. The maximum Gasteiger partial charge on any atom is 0.254 e. The van der Waals surface area contributed by atoms with Gasteiger partial charge in [0.25, 0.3) is 5.91 Å². The molecule has 4 heteroatoms. The van der Waals surface area contributed by atoms with Gasteiger partial charge in [-0.25, -0.2) is 5.43 Å². The van der Waals surface area contributed by atoms with E-state index >= 15 is 0 Å². The fraction of sp³-hybridized carbons (Fsp3) is 0.385. The van der Waals surface area contributed by atoms with Gasteiger partial charge in [-0.1, -0.05) is 30.3 Å². The molecule has 0 aromatic heterocycles. The van der Waals surface area contributed by atoms with Crippen LogP contribution in [0.1, 0.15) is 18.4 Å². The molecule has 17 heavy (non-hydrogen) atoms. The summed E-state index contributed by atoms with van der Waals surface area (Å²) in [5.41, 5.74) is 3.53. The maximum atomic E-state index is 11.5. The van der Waals surface area contributed by atoms with Crippen LogP contribution in [-0.2, 0) is 4.79 Å². The zero-order chi connectivity index (χ0) is 11.9. The van der Waals surface area contributed by atoms with E-state index in [1.54, 1.807) is 6.21 Å². The normalized spacial score (nSPS) is 16.5. The first kappa shape index (κ1) is 11.8. The van der Waals surface area contributed by atoms with Crippen molar-refractivity contribution in [2.75, 3.05) is 19.6 Å². The number of hydrazone groups is 1. The van der Waals surface area contributed by atoms with Gasteiger partial charge in [0.15, 0.2) is 0 Å². The average molecular weight is 231 g/mol. The number of hydrogen-bond donors (Lipinski definition) is 1. The molecule has 1 amide bonds. The number of carbonyl (C=O) groups is 1. The summed E-state index contributed by atoms with van der Waals surface area (Å²) in [6.07, 6.45) is 4.04. The first-order valence-corrected chi connectivity index (χ1v) is 5.94. The molecule has 0 aliphatic carbocycles. The average Bonchev–Trinajstić information content (AvgIpc) is 2.83. The van der Waals surface area contributed by atoms with Crippen LogP contribution in [0.25, 0.3) is 0 Å². The van der Waals surface area contributed by atoms with Gasteiger partial charge in [-0.3, -0.25) is 9.69 Å². The summed E-state index contributed by atoms with van der Waals surface area (Å²) in [7, 11) is 0. The van der Waals surface area contributed by atoms with Gasteiger partial charge in [0.2, 0.25) is 0 Å². The van der Waals surface area contributed by atoms with Crippen molar-refractivity contribution in [1.29, 1.82) is 0 Å². The highest BCUT2D eigenvalue weighted by Gasteiger charge is 2.14. The summed E-state index contributed by atoms with van der Waals surface area (Å²) >= 11 is 0. The van der Waals surface area contributed by atoms with Crippen molar-refractivity contribution >= 4 is 12.1 Å². The predicted octanol–water partition coefficient (Wildman–Crippen LogP) is 1.23. The summed E-state index contributed by atoms with van der Waals surface area (Å²) in [5, 5.41) is 3.93. The second kappa shape index (κ2) is 6.15. The van der Waals surface area contributed by atoms with Crippen LogP contribution in [0, 0.1) is 0 Å². The van der Waals surface area contributed by atoms with E-state index in [0.29, 0.717) is 6.54 Å². The molecule has 0 saturated carbocycles. The number of likely N-dealkylation sites (tertiary alicyclic amines) is 1. The van der Waals surface area contributed by atoms with Gasteiger partial charge in [-0.05, 0) is 31.5 Å². The minimum Gasteiger partial charge on any atom is -0.294 e. The maximum absolute atomic E-state index is 11.5. The lowest BCUT2D eigenvalue weighted by molar-refractivity contribution is -0.121. The molecule has 0 atom stereocenters. The lowest BCUT2D eigenvalue weighted by Crippen LogP contribution is -2.33. The molecule has 90 valence electrons. The molecule has 1 aliphatic heterocycles. The Labute approximate surface area is 101 Å². The number of rotatable bonds is 4. The monoisotopic (exact) mass is 231 g/mol. The van der Waals surface area contributed by atoms with Gasteiger partial charge in [-0.2, -0.15) is 5.10 Å². The zero-order valence-corrected chi connectivity index (χ0v) is 9.80. The lowest BCUT2D eigenvalue weighted by Gasteiger charge is -2.12. The summed E-state index contributed by atoms with van der Waals surface area (Å²) in [6, 6.07) is 9.70. The van der Waals surface area contributed by atoms with E-state index in [9.17, 15) is 4.79 Å². The minimum absolute atomic E-state index is 0.0425. The van der Waals surface area contributed by atoms with E-state index in [2.05, 4.69) is 15.4 Å². The number of hydrogen-bond acceptors (Lipinski definition) is 3. The van der Waals surface area contributed by atoms with Crippen molar-refractivity contribution in [3.8, 4) is 0 Å². The predicted molar refractivity (Wildman–Crippen MR) is 67.9 cm³/mol. The fourth-order valence-electron chi connectivity index (χ4n) is 1.90. The summed E-state index contributed by atoms with van der Waals surface area (Å²) in [4.78, 5) is 13.7. The molecular formula is C13H17N3O. The smallest absolute Gasteiger partial charge is 0.254 e. The van der Waals surface area contributed by atoms with Gasteiger partial charge >= 0.3 is 0 Å². The van der Waals surface area contributed by atoms with E-state index < -0.39 is 0 Å². The summed E-state index contributed by atoms with van der Waals surface area (Å²) in [6.45, 7) is 2.50. The van der Waals surface area contributed by atoms with Crippen LogP contribution >= 0.6 is 0 Å². The van der Waals surface area contributed by atoms with Crippen LogP contribution in [0.3, 0.4) is 0 Å². The highest BCUT2D eigenvalue weighted by molar-refractivity contribution is 5.83. The molecule has 0 unspecified atom stereocenters. The van der Waals surface area contributed by atoms with Crippen LogP contribution < -0.4 is 5.43 Å². The molecule has 0 radical (unpaired) electrons. The first-order valence-electron chi connectivity index (χ1n) is 5.94. The van der Waals surface area contributed by atoms with E-state index in [-0.39, 0.29) is 5.91 Å². The number of nitrogens with zero attached hydrogens (tertiary/aromatic N) is 2. The number of amides is 1. The molecule has 0 spiro atoms. The van der Waals surface area contributed by atoms with Crippen molar-refractivity contribution in [2.45, 2.75) is 12.8 Å². The second-order valence-corrected chi connectivity index (χ2v) is 4.19. The third-order valence-electron chi connectivity index (χ3n) is 2.77. The standard InChI is InChI=1S/C13H17N3O/c17-13(11-16-8-4-5-9-16)15-14-10-12-6-2-1-3-7-12/h1-3,6-7,10H,4-5,8-9,11H2,(H,15,17)/b14-10-. The van der Waals surface area contributed by atoms with Crippen LogP contribution in [0.2, 0.25) is 0 Å². The Morgan fingerprint density at radius 2 is 2.00 bits per heavy atom. The minimum atomic E-state index is -0.0425. The van der Waals surface area contributed by atoms with Gasteiger partial charge < -0.3 is 0 Å². The van der Waals surface area contributed by atoms with Crippen molar-refractivity contribution in [3.63, 3.8) is 0 Å². The van der Waals surface area contributed by atoms with Crippen molar-refractivity contribution in [3.05, 3.63) is 35.9 Å².